The molecule has 2 aromatic rings. The molecule has 2 aromatic carbocycles. The highest BCUT2D eigenvalue weighted by molar-refractivity contribution is 5.38. The van der Waals surface area contributed by atoms with Gasteiger partial charge >= 0.3 is 0 Å². The Morgan fingerprint density at radius 1 is 1.05 bits per heavy atom. The summed E-state index contributed by atoms with van der Waals surface area (Å²) in [5.74, 6) is 2.21. The lowest BCUT2D eigenvalue weighted by atomic mass is 10.0. The molecule has 0 radical (unpaired) electrons. The van der Waals surface area contributed by atoms with Crippen LogP contribution >= 0.6 is 0 Å². The van der Waals surface area contributed by atoms with Crippen molar-refractivity contribution in [2.45, 2.75) is 32.8 Å². The first kappa shape index (κ1) is 16.4. The van der Waals surface area contributed by atoms with Crippen LogP contribution in [0.5, 0.6) is 11.5 Å². The van der Waals surface area contributed by atoms with Gasteiger partial charge in [-0.1, -0.05) is 32.0 Å². The second-order valence-corrected chi connectivity index (χ2v) is 5.70. The van der Waals surface area contributed by atoms with Gasteiger partial charge in [0, 0.05) is 5.56 Å². The number of ether oxygens (including phenoxy) is 2. The van der Waals surface area contributed by atoms with Crippen LogP contribution in [0.25, 0.3) is 0 Å². The van der Waals surface area contributed by atoms with Crippen LogP contribution in [-0.2, 0) is 13.0 Å². The predicted molar refractivity (Wildman–Crippen MR) is 90.6 cm³/mol. The maximum absolute atomic E-state index is 5.89. The van der Waals surface area contributed by atoms with E-state index in [2.05, 4.69) is 38.1 Å². The maximum atomic E-state index is 5.89. The van der Waals surface area contributed by atoms with Crippen molar-refractivity contribution < 1.29 is 9.47 Å². The van der Waals surface area contributed by atoms with Crippen molar-refractivity contribution in [2.75, 3.05) is 13.7 Å². The molecule has 0 aliphatic heterocycles. The zero-order valence-electron chi connectivity index (χ0n) is 13.6. The normalized spacial score (nSPS) is 10.8. The standard InChI is InChI=1S/C19H25NO2/c1-14(2)16-6-9-19(21-3)17(12-16)13-22-18-7-4-15(5-8-18)10-11-20/h4-9,12,14H,10-11,13,20H2,1-3H3. The van der Waals surface area contributed by atoms with Gasteiger partial charge in [-0.15, -0.1) is 0 Å². The van der Waals surface area contributed by atoms with Crippen molar-refractivity contribution in [1.29, 1.82) is 0 Å². The summed E-state index contributed by atoms with van der Waals surface area (Å²) in [6.07, 6.45) is 0.893. The molecule has 0 bridgehead atoms. The van der Waals surface area contributed by atoms with Gasteiger partial charge in [-0.05, 0) is 54.3 Å². The van der Waals surface area contributed by atoms with E-state index in [1.54, 1.807) is 7.11 Å². The molecule has 0 aliphatic carbocycles. The van der Waals surface area contributed by atoms with Gasteiger partial charge in [0.2, 0.25) is 0 Å². The van der Waals surface area contributed by atoms with E-state index in [1.807, 2.05) is 18.2 Å². The molecule has 3 heteroatoms. The lowest BCUT2D eigenvalue weighted by Gasteiger charge is -2.14. The number of methoxy groups -OCH3 is 1. The summed E-state index contributed by atoms with van der Waals surface area (Å²) < 4.78 is 11.3. The van der Waals surface area contributed by atoms with Gasteiger partial charge in [-0.25, -0.2) is 0 Å². The molecule has 0 spiro atoms. The summed E-state index contributed by atoms with van der Waals surface area (Å²) in [4.78, 5) is 0. The van der Waals surface area contributed by atoms with Crippen molar-refractivity contribution in [3.05, 3.63) is 59.2 Å². The van der Waals surface area contributed by atoms with Crippen LogP contribution in [0.1, 0.15) is 36.5 Å². The lowest BCUT2D eigenvalue weighted by molar-refractivity contribution is 0.296. The molecule has 0 aliphatic rings. The van der Waals surface area contributed by atoms with Crippen LogP contribution in [0, 0.1) is 0 Å². The summed E-state index contributed by atoms with van der Waals surface area (Å²) in [7, 11) is 1.69. The third-order valence-electron chi connectivity index (χ3n) is 3.72. The van der Waals surface area contributed by atoms with E-state index in [0.717, 1.165) is 23.5 Å². The zero-order chi connectivity index (χ0) is 15.9. The van der Waals surface area contributed by atoms with Gasteiger partial charge in [0.1, 0.15) is 18.1 Å². The van der Waals surface area contributed by atoms with E-state index in [-0.39, 0.29) is 0 Å². The van der Waals surface area contributed by atoms with Gasteiger partial charge in [0.05, 0.1) is 7.11 Å². The predicted octanol–water partition coefficient (Wildman–Crippen LogP) is 3.90. The highest BCUT2D eigenvalue weighted by atomic mass is 16.5. The van der Waals surface area contributed by atoms with E-state index in [4.69, 9.17) is 15.2 Å². The Balaban J connectivity index is 2.08. The van der Waals surface area contributed by atoms with Crippen LogP contribution in [-0.4, -0.2) is 13.7 Å². The fourth-order valence-corrected chi connectivity index (χ4v) is 2.35. The van der Waals surface area contributed by atoms with Crippen molar-refractivity contribution in [1.82, 2.24) is 0 Å². The Bertz CT molecular complexity index is 591. The lowest BCUT2D eigenvalue weighted by Crippen LogP contribution is -2.03. The quantitative estimate of drug-likeness (QED) is 0.843. The van der Waals surface area contributed by atoms with Gasteiger partial charge in [-0.3, -0.25) is 0 Å². The summed E-state index contributed by atoms with van der Waals surface area (Å²) in [5, 5.41) is 0. The Hall–Kier alpha value is -2.00. The molecule has 3 nitrogen and oxygen atoms in total. The first-order valence-electron chi connectivity index (χ1n) is 7.72. The molecule has 2 rings (SSSR count). The first-order valence-corrected chi connectivity index (χ1v) is 7.72. The van der Waals surface area contributed by atoms with Gasteiger partial charge in [0.25, 0.3) is 0 Å². The third-order valence-corrected chi connectivity index (χ3v) is 3.72. The fraction of sp³-hybridized carbons (Fsp3) is 0.368. The molecule has 118 valence electrons. The smallest absolute Gasteiger partial charge is 0.125 e. The van der Waals surface area contributed by atoms with Crippen LogP contribution in [0.15, 0.2) is 42.5 Å². The highest BCUT2D eigenvalue weighted by Crippen LogP contribution is 2.25. The molecule has 0 amide bonds. The minimum atomic E-state index is 0.486. The molecule has 2 N–H and O–H groups in total. The number of hydrogen-bond donors (Lipinski definition) is 1. The second kappa shape index (κ2) is 7.85. The molecule has 0 unspecified atom stereocenters. The summed E-state index contributed by atoms with van der Waals surface area (Å²) in [6.45, 7) is 5.53. The van der Waals surface area contributed by atoms with Crippen LogP contribution < -0.4 is 15.2 Å². The largest absolute Gasteiger partial charge is 0.496 e. The molecule has 0 saturated heterocycles. The number of benzene rings is 2. The van der Waals surface area contributed by atoms with E-state index in [9.17, 15) is 0 Å². The van der Waals surface area contributed by atoms with Crippen molar-refractivity contribution in [2.24, 2.45) is 5.73 Å². The molecular weight excluding hydrogens is 274 g/mol. The maximum Gasteiger partial charge on any atom is 0.125 e. The van der Waals surface area contributed by atoms with E-state index in [1.165, 1.54) is 11.1 Å². The number of hydrogen-bond acceptors (Lipinski definition) is 3. The van der Waals surface area contributed by atoms with Crippen molar-refractivity contribution in [3.8, 4) is 11.5 Å². The van der Waals surface area contributed by atoms with Crippen molar-refractivity contribution >= 4 is 0 Å². The second-order valence-electron chi connectivity index (χ2n) is 5.70. The highest BCUT2D eigenvalue weighted by Gasteiger charge is 2.08. The van der Waals surface area contributed by atoms with Crippen LogP contribution in [0.4, 0.5) is 0 Å². The van der Waals surface area contributed by atoms with Crippen LogP contribution in [0.2, 0.25) is 0 Å². The monoisotopic (exact) mass is 299 g/mol. The average Bonchev–Trinajstić information content (AvgIpc) is 2.54. The molecule has 0 aromatic heterocycles. The Kier molecular flexibility index (Phi) is 5.84. The molecule has 0 fully saturated rings. The van der Waals surface area contributed by atoms with E-state index in [0.29, 0.717) is 19.1 Å². The van der Waals surface area contributed by atoms with E-state index >= 15 is 0 Å². The molecule has 0 heterocycles. The fourth-order valence-electron chi connectivity index (χ4n) is 2.35. The van der Waals surface area contributed by atoms with Gasteiger partial charge < -0.3 is 15.2 Å². The number of rotatable bonds is 7. The Morgan fingerprint density at radius 3 is 2.36 bits per heavy atom. The molecule has 0 atom stereocenters. The summed E-state index contributed by atoms with van der Waals surface area (Å²) in [5.41, 5.74) is 9.15. The minimum absolute atomic E-state index is 0.486. The molecule has 22 heavy (non-hydrogen) atoms. The van der Waals surface area contributed by atoms with Crippen LogP contribution in [0.3, 0.4) is 0 Å². The molecular formula is C19H25NO2. The first-order chi connectivity index (χ1) is 10.6. The van der Waals surface area contributed by atoms with Crippen molar-refractivity contribution in [3.63, 3.8) is 0 Å². The third kappa shape index (κ3) is 4.25. The van der Waals surface area contributed by atoms with Gasteiger partial charge in [-0.2, -0.15) is 0 Å². The average molecular weight is 299 g/mol. The number of nitrogens with two attached hydrogens (primary N) is 1. The summed E-state index contributed by atoms with van der Waals surface area (Å²) >= 11 is 0. The van der Waals surface area contributed by atoms with Gasteiger partial charge in [0.15, 0.2) is 0 Å². The minimum Gasteiger partial charge on any atom is -0.496 e. The topological polar surface area (TPSA) is 44.5 Å². The Morgan fingerprint density at radius 2 is 1.77 bits per heavy atom. The molecule has 0 saturated carbocycles. The SMILES string of the molecule is COc1ccc(C(C)C)cc1COc1ccc(CCN)cc1. The summed E-state index contributed by atoms with van der Waals surface area (Å²) in [6, 6.07) is 14.4. The zero-order valence-corrected chi connectivity index (χ0v) is 13.6. The van der Waals surface area contributed by atoms with E-state index < -0.39 is 0 Å². The Labute approximate surface area is 133 Å².